The Kier molecular flexibility index (Phi) is 54.2. The molecule has 0 aliphatic carbocycles. The van der Waals surface area contributed by atoms with E-state index in [1.54, 1.807) is 0 Å². The number of unbranched alkanes of at least 4 members (excludes halogenated alkanes) is 52. The van der Waals surface area contributed by atoms with Gasteiger partial charge in [0.05, 0.1) is 31.0 Å². The highest BCUT2D eigenvalue weighted by molar-refractivity contribution is 5.80. The van der Waals surface area contributed by atoms with Gasteiger partial charge in [-0.3, -0.25) is 9.59 Å². The van der Waals surface area contributed by atoms with E-state index in [0.29, 0.717) is 6.42 Å². The molecule has 0 spiro atoms. The summed E-state index contributed by atoms with van der Waals surface area (Å²) in [4.78, 5) is 24.7. The molecule has 0 aromatic heterocycles. The summed E-state index contributed by atoms with van der Waals surface area (Å²) < 4.78 is 10.6. The van der Waals surface area contributed by atoms with Crippen molar-refractivity contribution in [1.29, 1.82) is 0 Å². The van der Waals surface area contributed by atoms with Crippen molar-refractivity contribution in [2.24, 2.45) is 11.3 Å². The largest absolute Gasteiger partial charge is 0.465 e. The summed E-state index contributed by atoms with van der Waals surface area (Å²) in [7, 11) is 0. The Morgan fingerprint density at radius 2 is 0.589 bits per heavy atom. The number of allylic oxidation sites excluding steroid dienone is 2. The fourth-order valence-corrected chi connectivity index (χ4v) is 11.1. The Morgan fingerprint density at radius 3 is 0.849 bits per heavy atom. The van der Waals surface area contributed by atoms with E-state index >= 15 is 0 Å². The Morgan fingerprint density at radius 1 is 0.356 bits per heavy atom. The van der Waals surface area contributed by atoms with E-state index in [4.69, 9.17) is 9.47 Å². The molecule has 6 heteroatoms. The predicted molar refractivity (Wildman–Crippen MR) is 315 cm³/mol. The molecule has 1 fully saturated rings. The van der Waals surface area contributed by atoms with Crippen LogP contribution in [-0.4, -0.2) is 48.6 Å². The number of aliphatic hydroxyl groups is 2. The summed E-state index contributed by atoms with van der Waals surface area (Å²) in [6, 6.07) is 0. The van der Waals surface area contributed by atoms with Crippen LogP contribution in [0.15, 0.2) is 12.2 Å². The van der Waals surface area contributed by atoms with Gasteiger partial charge in [-0.1, -0.05) is 340 Å². The van der Waals surface area contributed by atoms with Crippen molar-refractivity contribution in [3.8, 4) is 0 Å². The minimum atomic E-state index is -1.13. The van der Waals surface area contributed by atoms with Crippen LogP contribution in [0, 0.1) is 11.3 Å². The minimum Gasteiger partial charge on any atom is -0.465 e. The third-order valence-electron chi connectivity index (χ3n) is 16.5. The first-order valence-electron chi connectivity index (χ1n) is 33.3. The zero-order valence-electron chi connectivity index (χ0n) is 49.2. The van der Waals surface area contributed by atoms with Crippen molar-refractivity contribution in [3.63, 3.8) is 0 Å². The van der Waals surface area contributed by atoms with Gasteiger partial charge in [0, 0.05) is 0 Å². The van der Waals surface area contributed by atoms with Gasteiger partial charge in [0.25, 0.3) is 0 Å². The first-order chi connectivity index (χ1) is 36.1. The highest BCUT2D eigenvalue weighted by Gasteiger charge is 2.36. The third kappa shape index (κ3) is 48.7. The van der Waals surface area contributed by atoms with E-state index in [0.717, 1.165) is 19.3 Å². The van der Waals surface area contributed by atoms with Crippen molar-refractivity contribution < 1.29 is 29.3 Å². The summed E-state index contributed by atoms with van der Waals surface area (Å²) in [5, 5.41) is 19.2. The van der Waals surface area contributed by atoms with Gasteiger partial charge in [0.15, 0.2) is 0 Å². The molecule has 0 amide bonds. The molecule has 2 N–H and O–H groups in total. The number of ether oxygens (including phenoxy) is 2. The van der Waals surface area contributed by atoms with E-state index in [1.165, 1.54) is 327 Å². The van der Waals surface area contributed by atoms with Crippen LogP contribution >= 0.6 is 0 Å². The van der Waals surface area contributed by atoms with Crippen molar-refractivity contribution >= 4 is 11.9 Å². The molecule has 1 unspecified atom stereocenters. The maximum absolute atomic E-state index is 12.5. The normalized spacial score (nSPS) is 15.2. The highest BCUT2D eigenvalue weighted by Crippen LogP contribution is 2.25. The second kappa shape index (κ2) is 56.8. The zero-order chi connectivity index (χ0) is 52.5. The van der Waals surface area contributed by atoms with Crippen molar-refractivity contribution in [1.82, 2.24) is 0 Å². The first-order valence-corrected chi connectivity index (χ1v) is 33.3. The molecule has 1 aliphatic heterocycles. The topological polar surface area (TPSA) is 93.1 Å². The van der Waals surface area contributed by atoms with E-state index < -0.39 is 36.5 Å². The zero-order valence-corrected chi connectivity index (χ0v) is 49.2. The van der Waals surface area contributed by atoms with Crippen molar-refractivity contribution in [3.05, 3.63) is 12.2 Å². The predicted octanol–water partition coefficient (Wildman–Crippen LogP) is 21.1. The number of aliphatic hydroxyl groups excluding tert-OH is 2. The second-order valence-corrected chi connectivity index (χ2v) is 23.9. The first kappa shape index (κ1) is 69.6. The molecule has 1 rings (SSSR count). The Labute approximate surface area is 455 Å². The molecule has 1 saturated heterocycles. The average molecular weight is 1030 g/mol. The Hall–Kier alpha value is -1.40. The summed E-state index contributed by atoms with van der Waals surface area (Å²) in [6.07, 6.45) is 81.7. The van der Waals surface area contributed by atoms with Crippen molar-refractivity contribution in [2.45, 2.75) is 366 Å². The van der Waals surface area contributed by atoms with Crippen LogP contribution in [0.2, 0.25) is 0 Å². The van der Waals surface area contributed by atoms with Crippen LogP contribution in [0.5, 0.6) is 0 Å². The molecule has 1 aliphatic rings. The summed E-state index contributed by atoms with van der Waals surface area (Å²) in [6.45, 7) is 1.20. The lowest BCUT2D eigenvalue weighted by Crippen LogP contribution is -2.40. The Bertz CT molecular complexity index is 1150. The van der Waals surface area contributed by atoms with E-state index in [2.05, 4.69) is 19.1 Å². The second-order valence-electron chi connectivity index (χ2n) is 23.9. The molecular weight excluding hydrogens is 901 g/mol. The van der Waals surface area contributed by atoms with E-state index in [1.807, 2.05) is 0 Å². The van der Waals surface area contributed by atoms with E-state index in [9.17, 15) is 19.8 Å². The smallest absolute Gasteiger partial charge is 0.309 e. The molecule has 73 heavy (non-hydrogen) atoms. The van der Waals surface area contributed by atoms with Gasteiger partial charge in [-0.2, -0.15) is 0 Å². The summed E-state index contributed by atoms with van der Waals surface area (Å²) in [5.74, 6) is -1.41. The fraction of sp³-hybridized carbons (Fsp3) is 0.940. The molecule has 0 aromatic carbocycles. The van der Waals surface area contributed by atoms with Gasteiger partial charge in [0.1, 0.15) is 13.2 Å². The molecule has 0 aromatic rings. The SMILES string of the molecule is CCCCCCCCCCCCCCCCCCCCCCCCCCCCCCCCCCCCCCCCCCCCCCC/C=C/CCCCCCCCCC1CC(=O)OCC(CO)(CO)COC1=O. The lowest BCUT2D eigenvalue weighted by Gasteiger charge is -2.27. The van der Waals surface area contributed by atoms with Gasteiger partial charge in [-0.25, -0.2) is 0 Å². The van der Waals surface area contributed by atoms with Crippen LogP contribution in [0.1, 0.15) is 366 Å². The highest BCUT2D eigenvalue weighted by atomic mass is 16.6. The van der Waals surface area contributed by atoms with Crippen molar-refractivity contribution in [2.75, 3.05) is 26.4 Å². The quantitative estimate of drug-likeness (QED) is 0.0358. The molecule has 1 atom stereocenters. The minimum absolute atomic E-state index is 0.000845. The number of carbonyl (C=O) groups excluding carboxylic acids is 2. The van der Waals surface area contributed by atoms with Crippen LogP contribution < -0.4 is 0 Å². The number of rotatable bonds is 58. The number of hydrogen-bond acceptors (Lipinski definition) is 6. The maximum atomic E-state index is 12.5. The molecule has 6 nitrogen and oxygen atoms in total. The summed E-state index contributed by atoms with van der Waals surface area (Å²) >= 11 is 0. The number of cyclic esters (lactones) is 2. The van der Waals surface area contributed by atoms with E-state index in [-0.39, 0.29) is 19.6 Å². The van der Waals surface area contributed by atoms with Crippen LogP contribution in [0.4, 0.5) is 0 Å². The van der Waals surface area contributed by atoms with Gasteiger partial charge >= 0.3 is 11.9 Å². The maximum Gasteiger partial charge on any atom is 0.309 e. The lowest BCUT2D eigenvalue weighted by molar-refractivity contribution is -0.155. The van der Waals surface area contributed by atoms with Crippen LogP contribution in [-0.2, 0) is 19.1 Å². The molecule has 1 heterocycles. The molecular formula is C67H128O6. The number of esters is 2. The van der Waals surface area contributed by atoms with Gasteiger partial charge in [-0.05, 0) is 32.1 Å². The molecule has 0 saturated carbocycles. The lowest BCUT2D eigenvalue weighted by atomic mass is 9.92. The molecule has 0 bridgehead atoms. The summed E-state index contributed by atoms with van der Waals surface area (Å²) in [5.41, 5.74) is -1.13. The monoisotopic (exact) mass is 1030 g/mol. The van der Waals surface area contributed by atoms with Crippen LogP contribution in [0.3, 0.4) is 0 Å². The number of carbonyl (C=O) groups is 2. The molecule has 0 radical (unpaired) electrons. The van der Waals surface area contributed by atoms with Gasteiger partial charge in [0.2, 0.25) is 0 Å². The standard InChI is InChI=1S/C67H128O6/c1-2-3-4-5-6-7-8-9-10-11-12-13-14-15-16-17-18-19-20-21-22-23-24-25-26-27-28-29-30-31-32-33-34-35-36-37-38-39-40-41-42-43-44-45-46-47-48-49-50-51-52-53-54-55-56-57-58-64-59-65(70)72-62-67(60-68,61-69)63-73-66(64)71/h48-49,64,68-69H,2-47,50-63H2,1H3/b49-48+. The third-order valence-corrected chi connectivity index (χ3v) is 16.5. The van der Waals surface area contributed by atoms with Gasteiger partial charge < -0.3 is 19.7 Å². The van der Waals surface area contributed by atoms with Crippen LogP contribution in [0.25, 0.3) is 0 Å². The average Bonchev–Trinajstić information content (AvgIpc) is 3.46. The fourth-order valence-electron chi connectivity index (χ4n) is 11.1. The number of hydrogen-bond donors (Lipinski definition) is 2. The van der Waals surface area contributed by atoms with Gasteiger partial charge in [-0.15, -0.1) is 0 Å². The Balaban J connectivity index is 1.68. The molecule has 432 valence electrons.